The molecule has 0 spiro atoms. The van der Waals surface area contributed by atoms with E-state index < -0.39 is 0 Å². The first-order valence-corrected chi connectivity index (χ1v) is 7.74. The number of methoxy groups -OCH3 is 1. The van der Waals surface area contributed by atoms with Gasteiger partial charge in [-0.3, -0.25) is 0 Å². The smallest absolute Gasteiger partial charge is 0.162 e. The highest BCUT2D eigenvalue weighted by molar-refractivity contribution is 5.56. The standard InChI is InChI=1S/C19H20O5/c1-12-19(14-6-7-15(21)17(11-14)22-2)24-18-10-13(4-3-9-20)5-8-16(18)23-12/h3-8,10-12,19-21H,9H2,1-2H3. The molecule has 1 aliphatic heterocycles. The molecule has 0 aromatic heterocycles. The molecule has 0 aliphatic carbocycles. The van der Waals surface area contributed by atoms with Crippen molar-refractivity contribution in [1.82, 2.24) is 0 Å². The maximum Gasteiger partial charge on any atom is 0.162 e. The minimum atomic E-state index is -0.316. The van der Waals surface area contributed by atoms with Crippen molar-refractivity contribution in [2.24, 2.45) is 0 Å². The number of aliphatic hydroxyl groups excluding tert-OH is 1. The molecular weight excluding hydrogens is 308 g/mol. The SMILES string of the molecule is COc1cc(C2Oc3cc(C=CCO)ccc3OC2C)ccc1O. The van der Waals surface area contributed by atoms with Crippen LogP contribution in [0.5, 0.6) is 23.0 Å². The highest BCUT2D eigenvalue weighted by Gasteiger charge is 2.30. The Morgan fingerprint density at radius 1 is 1.12 bits per heavy atom. The van der Waals surface area contributed by atoms with Gasteiger partial charge in [0.15, 0.2) is 29.1 Å². The monoisotopic (exact) mass is 328 g/mol. The summed E-state index contributed by atoms with van der Waals surface area (Å²) in [6.07, 6.45) is 2.98. The number of aliphatic hydroxyl groups is 1. The van der Waals surface area contributed by atoms with Gasteiger partial charge in [-0.1, -0.05) is 24.3 Å². The van der Waals surface area contributed by atoms with Gasteiger partial charge in [-0.05, 0) is 36.8 Å². The molecule has 0 radical (unpaired) electrons. The Labute approximate surface area is 140 Å². The summed E-state index contributed by atoms with van der Waals surface area (Å²) in [6, 6.07) is 10.8. The molecule has 2 N–H and O–H groups in total. The number of hydrogen-bond acceptors (Lipinski definition) is 5. The van der Waals surface area contributed by atoms with E-state index in [1.807, 2.05) is 31.2 Å². The van der Waals surface area contributed by atoms with Crippen LogP contribution in [0.15, 0.2) is 42.5 Å². The molecule has 2 aromatic carbocycles. The lowest BCUT2D eigenvalue weighted by Gasteiger charge is -2.32. The summed E-state index contributed by atoms with van der Waals surface area (Å²) < 4.78 is 17.3. The molecule has 2 atom stereocenters. The van der Waals surface area contributed by atoms with Crippen LogP contribution in [-0.2, 0) is 0 Å². The summed E-state index contributed by atoms with van der Waals surface area (Å²) in [5, 5.41) is 18.6. The van der Waals surface area contributed by atoms with Gasteiger partial charge in [0.2, 0.25) is 0 Å². The maximum atomic E-state index is 9.75. The first kappa shape index (κ1) is 16.2. The first-order chi connectivity index (χ1) is 11.6. The maximum absolute atomic E-state index is 9.75. The van der Waals surface area contributed by atoms with E-state index in [4.69, 9.17) is 19.3 Å². The van der Waals surface area contributed by atoms with Crippen LogP contribution >= 0.6 is 0 Å². The lowest BCUT2D eigenvalue weighted by Crippen LogP contribution is -2.30. The average Bonchev–Trinajstić information content (AvgIpc) is 2.60. The van der Waals surface area contributed by atoms with Gasteiger partial charge in [0, 0.05) is 5.56 Å². The van der Waals surface area contributed by atoms with Gasteiger partial charge >= 0.3 is 0 Å². The normalized spacial score (nSPS) is 19.5. The van der Waals surface area contributed by atoms with Gasteiger partial charge in [0.25, 0.3) is 0 Å². The molecule has 5 nitrogen and oxygen atoms in total. The van der Waals surface area contributed by atoms with Crippen molar-refractivity contribution < 1.29 is 24.4 Å². The second kappa shape index (κ2) is 6.84. The summed E-state index contributed by atoms with van der Waals surface area (Å²) in [7, 11) is 1.51. The first-order valence-electron chi connectivity index (χ1n) is 7.74. The van der Waals surface area contributed by atoms with Crippen LogP contribution in [0.4, 0.5) is 0 Å². The van der Waals surface area contributed by atoms with Crippen LogP contribution in [0.25, 0.3) is 6.08 Å². The average molecular weight is 328 g/mol. The Morgan fingerprint density at radius 2 is 1.96 bits per heavy atom. The summed E-state index contributed by atoms with van der Waals surface area (Å²) in [5.41, 5.74) is 1.78. The van der Waals surface area contributed by atoms with Gasteiger partial charge in [0.05, 0.1) is 13.7 Å². The largest absolute Gasteiger partial charge is 0.504 e. The third-order valence-corrected chi connectivity index (χ3v) is 3.91. The molecule has 5 heteroatoms. The minimum absolute atomic E-state index is 0.0125. The molecule has 0 saturated heterocycles. The second-order valence-electron chi connectivity index (χ2n) is 5.58. The number of aromatic hydroxyl groups is 1. The zero-order chi connectivity index (χ0) is 17.1. The lowest BCUT2D eigenvalue weighted by atomic mass is 10.0. The van der Waals surface area contributed by atoms with Gasteiger partial charge < -0.3 is 24.4 Å². The van der Waals surface area contributed by atoms with Gasteiger partial charge in [-0.2, -0.15) is 0 Å². The molecule has 0 amide bonds. The quantitative estimate of drug-likeness (QED) is 0.901. The third-order valence-electron chi connectivity index (χ3n) is 3.91. The van der Waals surface area contributed by atoms with Crippen molar-refractivity contribution in [2.75, 3.05) is 13.7 Å². The number of rotatable bonds is 4. The predicted octanol–water partition coefficient (Wildman–Crippen LogP) is 3.31. The van der Waals surface area contributed by atoms with E-state index in [1.165, 1.54) is 7.11 Å². The molecule has 1 heterocycles. The zero-order valence-corrected chi connectivity index (χ0v) is 13.6. The van der Waals surface area contributed by atoms with Gasteiger partial charge in [0.1, 0.15) is 6.10 Å². The van der Waals surface area contributed by atoms with Crippen LogP contribution in [0.2, 0.25) is 0 Å². The molecule has 3 rings (SSSR count). The van der Waals surface area contributed by atoms with Gasteiger partial charge in [-0.25, -0.2) is 0 Å². The number of phenolic OH excluding ortho intramolecular Hbond substituents is 1. The van der Waals surface area contributed by atoms with E-state index in [0.717, 1.165) is 11.1 Å². The number of hydrogen-bond donors (Lipinski definition) is 2. The molecule has 2 aromatic rings. The summed E-state index contributed by atoms with van der Waals surface area (Å²) in [4.78, 5) is 0. The van der Waals surface area contributed by atoms with E-state index in [1.54, 1.807) is 24.3 Å². The Hall–Kier alpha value is -2.66. The molecule has 1 aliphatic rings. The van der Waals surface area contributed by atoms with Crippen molar-refractivity contribution in [1.29, 1.82) is 0 Å². The molecule has 0 saturated carbocycles. The van der Waals surface area contributed by atoms with Crippen LogP contribution in [0.3, 0.4) is 0 Å². The van der Waals surface area contributed by atoms with E-state index in [0.29, 0.717) is 17.2 Å². The zero-order valence-electron chi connectivity index (χ0n) is 13.6. The van der Waals surface area contributed by atoms with Crippen molar-refractivity contribution in [2.45, 2.75) is 19.1 Å². The fraction of sp³-hybridized carbons (Fsp3) is 0.263. The second-order valence-corrected chi connectivity index (χ2v) is 5.58. The molecule has 0 bridgehead atoms. The Bertz CT molecular complexity index is 753. The molecule has 2 unspecified atom stereocenters. The predicted molar refractivity (Wildman–Crippen MR) is 90.7 cm³/mol. The highest BCUT2D eigenvalue weighted by Crippen LogP contribution is 2.41. The minimum Gasteiger partial charge on any atom is -0.504 e. The number of benzene rings is 2. The van der Waals surface area contributed by atoms with Crippen molar-refractivity contribution in [3.8, 4) is 23.0 Å². The van der Waals surface area contributed by atoms with E-state index in [2.05, 4.69) is 0 Å². The number of fused-ring (bicyclic) bond motifs is 1. The molecular formula is C19H20O5. The molecule has 0 fully saturated rings. The number of phenols is 1. The Balaban J connectivity index is 1.91. The fourth-order valence-electron chi connectivity index (χ4n) is 2.71. The highest BCUT2D eigenvalue weighted by atomic mass is 16.6. The fourth-order valence-corrected chi connectivity index (χ4v) is 2.71. The summed E-state index contributed by atoms with van der Waals surface area (Å²) in [5.74, 6) is 1.81. The van der Waals surface area contributed by atoms with Crippen LogP contribution in [0, 0.1) is 0 Å². The van der Waals surface area contributed by atoms with Gasteiger partial charge in [-0.15, -0.1) is 0 Å². The van der Waals surface area contributed by atoms with Crippen LogP contribution < -0.4 is 14.2 Å². The Morgan fingerprint density at radius 3 is 2.71 bits per heavy atom. The summed E-state index contributed by atoms with van der Waals surface area (Å²) in [6.45, 7) is 1.92. The topological polar surface area (TPSA) is 68.2 Å². The lowest BCUT2D eigenvalue weighted by molar-refractivity contribution is 0.0305. The van der Waals surface area contributed by atoms with Crippen LogP contribution in [0.1, 0.15) is 24.2 Å². The third kappa shape index (κ3) is 3.16. The van der Waals surface area contributed by atoms with Crippen molar-refractivity contribution >= 4 is 6.08 Å². The van der Waals surface area contributed by atoms with Crippen LogP contribution in [-0.4, -0.2) is 30.0 Å². The molecule has 24 heavy (non-hydrogen) atoms. The van der Waals surface area contributed by atoms with E-state index in [-0.39, 0.29) is 24.6 Å². The van der Waals surface area contributed by atoms with E-state index in [9.17, 15) is 5.11 Å². The van der Waals surface area contributed by atoms with E-state index >= 15 is 0 Å². The van der Waals surface area contributed by atoms with Crippen molar-refractivity contribution in [3.05, 3.63) is 53.6 Å². The number of ether oxygens (including phenoxy) is 3. The Kier molecular flexibility index (Phi) is 4.62. The van der Waals surface area contributed by atoms with Crippen molar-refractivity contribution in [3.63, 3.8) is 0 Å². The molecule has 126 valence electrons. The summed E-state index contributed by atoms with van der Waals surface area (Å²) >= 11 is 0.